The number of benzene rings is 1. The van der Waals surface area contributed by atoms with Crippen molar-refractivity contribution < 1.29 is 9.90 Å². The summed E-state index contributed by atoms with van der Waals surface area (Å²) in [6.07, 6.45) is 1.49. The number of phenols is 1. The monoisotopic (exact) mass is 248 g/mol. The Morgan fingerprint density at radius 1 is 1.29 bits per heavy atom. The number of para-hydroxylation sites is 1. The minimum Gasteiger partial charge on any atom is -0.507 e. The number of aromatic nitrogens is 1. The SMILES string of the molecule is O=C(Nc1cc(Cl)ccn1)c1ccccc1O. The van der Waals surface area contributed by atoms with Crippen molar-refractivity contribution in [2.24, 2.45) is 0 Å². The van der Waals surface area contributed by atoms with Crippen molar-refractivity contribution in [3.8, 4) is 5.75 Å². The van der Waals surface area contributed by atoms with E-state index < -0.39 is 5.91 Å². The van der Waals surface area contributed by atoms with Crippen LogP contribution in [0, 0.1) is 0 Å². The van der Waals surface area contributed by atoms with Gasteiger partial charge in [-0.25, -0.2) is 4.98 Å². The third kappa shape index (κ3) is 2.73. The molecule has 0 saturated carbocycles. The molecule has 0 bridgehead atoms. The topological polar surface area (TPSA) is 62.2 Å². The molecule has 0 spiro atoms. The van der Waals surface area contributed by atoms with Crippen molar-refractivity contribution in [3.63, 3.8) is 0 Å². The molecule has 5 heteroatoms. The van der Waals surface area contributed by atoms with E-state index in [1.807, 2.05) is 0 Å². The highest BCUT2D eigenvalue weighted by Crippen LogP contribution is 2.18. The molecule has 0 aliphatic rings. The number of carbonyl (C=O) groups is 1. The van der Waals surface area contributed by atoms with E-state index in [0.29, 0.717) is 10.8 Å². The summed E-state index contributed by atoms with van der Waals surface area (Å²) in [6.45, 7) is 0. The molecule has 1 amide bonds. The number of rotatable bonds is 2. The molecule has 0 radical (unpaired) electrons. The second-order valence-electron chi connectivity index (χ2n) is 3.33. The third-order valence-electron chi connectivity index (χ3n) is 2.11. The average molecular weight is 249 g/mol. The summed E-state index contributed by atoms with van der Waals surface area (Å²) < 4.78 is 0. The minimum absolute atomic E-state index is 0.0768. The summed E-state index contributed by atoms with van der Waals surface area (Å²) in [6, 6.07) is 9.41. The Balaban J connectivity index is 2.20. The molecule has 4 nitrogen and oxygen atoms in total. The number of halogens is 1. The van der Waals surface area contributed by atoms with Crippen LogP contribution in [0.1, 0.15) is 10.4 Å². The highest BCUT2D eigenvalue weighted by Gasteiger charge is 2.10. The summed E-state index contributed by atoms with van der Waals surface area (Å²) in [5.74, 6) is -0.171. The van der Waals surface area contributed by atoms with Crippen molar-refractivity contribution >= 4 is 23.3 Å². The number of hydrogen-bond donors (Lipinski definition) is 2. The van der Waals surface area contributed by atoms with Crippen molar-refractivity contribution in [1.82, 2.24) is 4.98 Å². The number of carbonyl (C=O) groups excluding carboxylic acids is 1. The van der Waals surface area contributed by atoms with Crippen LogP contribution in [0.5, 0.6) is 5.75 Å². The van der Waals surface area contributed by atoms with Gasteiger partial charge in [0.25, 0.3) is 5.91 Å². The number of hydrogen-bond acceptors (Lipinski definition) is 3. The fourth-order valence-corrected chi connectivity index (χ4v) is 1.48. The number of pyridine rings is 1. The molecular formula is C12H9ClN2O2. The van der Waals surface area contributed by atoms with Gasteiger partial charge in [0.1, 0.15) is 11.6 Å². The Labute approximate surface area is 103 Å². The Kier molecular flexibility index (Phi) is 3.25. The summed E-state index contributed by atoms with van der Waals surface area (Å²) in [7, 11) is 0. The average Bonchev–Trinajstić information content (AvgIpc) is 2.29. The predicted molar refractivity (Wildman–Crippen MR) is 65.3 cm³/mol. The van der Waals surface area contributed by atoms with Gasteiger partial charge in [0, 0.05) is 11.2 Å². The number of amides is 1. The standard InChI is InChI=1S/C12H9ClN2O2/c13-8-5-6-14-11(7-8)15-12(17)9-3-1-2-4-10(9)16/h1-7,16H,(H,14,15,17). The number of anilines is 1. The van der Waals surface area contributed by atoms with E-state index in [0.717, 1.165) is 0 Å². The Morgan fingerprint density at radius 3 is 2.76 bits per heavy atom. The van der Waals surface area contributed by atoms with Crippen LogP contribution in [-0.2, 0) is 0 Å². The first-order chi connectivity index (χ1) is 8.16. The molecule has 17 heavy (non-hydrogen) atoms. The van der Waals surface area contributed by atoms with Gasteiger partial charge in [-0.3, -0.25) is 4.79 Å². The molecule has 0 saturated heterocycles. The van der Waals surface area contributed by atoms with E-state index in [4.69, 9.17) is 11.6 Å². The van der Waals surface area contributed by atoms with Gasteiger partial charge in [-0.1, -0.05) is 23.7 Å². The quantitative estimate of drug-likeness (QED) is 0.859. The van der Waals surface area contributed by atoms with Gasteiger partial charge in [0.2, 0.25) is 0 Å². The molecule has 0 fully saturated rings. The normalized spacial score (nSPS) is 9.94. The van der Waals surface area contributed by atoms with E-state index in [-0.39, 0.29) is 11.3 Å². The lowest BCUT2D eigenvalue weighted by molar-refractivity contribution is 0.102. The lowest BCUT2D eigenvalue weighted by atomic mass is 10.2. The zero-order valence-corrected chi connectivity index (χ0v) is 9.48. The molecule has 2 N–H and O–H groups in total. The predicted octanol–water partition coefficient (Wildman–Crippen LogP) is 2.69. The van der Waals surface area contributed by atoms with E-state index in [2.05, 4.69) is 10.3 Å². The van der Waals surface area contributed by atoms with E-state index in [9.17, 15) is 9.90 Å². The Morgan fingerprint density at radius 2 is 2.06 bits per heavy atom. The van der Waals surface area contributed by atoms with Crippen LogP contribution in [-0.4, -0.2) is 16.0 Å². The number of nitrogens with one attached hydrogen (secondary N) is 1. The van der Waals surface area contributed by atoms with Gasteiger partial charge in [0.15, 0.2) is 0 Å². The van der Waals surface area contributed by atoms with Crippen LogP contribution >= 0.6 is 11.6 Å². The minimum atomic E-state index is -0.433. The van der Waals surface area contributed by atoms with Crippen LogP contribution in [0.3, 0.4) is 0 Å². The molecule has 0 unspecified atom stereocenters. The van der Waals surface area contributed by atoms with Crippen molar-refractivity contribution in [2.45, 2.75) is 0 Å². The molecule has 2 aromatic rings. The highest BCUT2D eigenvalue weighted by atomic mass is 35.5. The maximum atomic E-state index is 11.8. The van der Waals surface area contributed by atoms with Gasteiger partial charge >= 0.3 is 0 Å². The first-order valence-corrected chi connectivity index (χ1v) is 5.25. The molecule has 0 aliphatic carbocycles. The van der Waals surface area contributed by atoms with Crippen molar-refractivity contribution in [1.29, 1.82) is 0 Å². The molecule has 2 rings (SSSR count). The third-order valence-corrected chi connectivity index (χ3v) is 2.35. The van der Waals surface area contributed by atoms with Gasteiger partial charge in [-0.15, -0.1) is 0 Å². The molecule has 1 heterocycles. The molecule has 0 aliphatic heterocycles. The van der Waals surface area contributed by atoms with Crippen LogP contribution in [0.25, 0.3) is 0 Å². The van der Waals surface area contributed by atoms with E-state index >= 15 is 0 Å². The van der Waals surface area contributed by atoms with Crippen molar-refractivity contribution in [2.75, 3.05) is 5.32 Å². The molecule has 1 aromatic heterocycles. The van der Waals surface area contributed by atoms with E-state index in [1.165, 1.54) is 24.4 Å². The van der Waals surface area contributed by atoms with Crippen LogP contribution in [0.4, 0.5) is 5.82 Å². The molecule has 86 valence electrons. The summed E-state index contributed by atoms with van der Waals surface area (Å²) in [5.41, 5.74) is 0.189. The summed E-state index contributed by atoms with van der Waals surface area (Å²) >= 11 is 5.76. The Bertz CT molecular complexity index is 558. The fraction of sp³-hybridized carbons (Fsp3) is 0. The zero-order valence-electron chi connectivity index (χ0n) is 8.72. The number of phenolic OH excluding ortho intramolecular Hbond substituents is 1. The lowest BCUT2D eigenvalue weighted by Gasteiger charge is -2.05. The van der Waals surface area contributed by atoms with Crippen LogP contribution in [0.2, 0.25) is 5.02 Å². The summed E-state index contributed by atoms with van der Waals surface area (Å²) in [4.78, 5) is 15.7. The maximum absolute atomic E-state index is 11.8. The molecular weight excluding hydrogens is 240 g/mol. The Hall–Kier alpha value is -2.07. The van der Waals surface area contributed by atoms with Crippen molar-refractivity contribution in [3.05, 3.63) is 53.2 Å². The first-order valence-electron chi connectivity index (χ1n) is 4.88. The fourth-order valence-electron chi connectivity index (χ4n) is 1.32. The zero-order chi connectivity index (χ0) is 12.3. The summed E-state index contributed by atoms with van der Waals surface area (Å²) in [5, 5.41) is 12.5. The number of nitrogens with zero attached hydrogens (tertiary/aromatic N) is 1. The van der Waals surface area contributed by atoms with Crippen LogP contribution < -0.4 is 5.32 Å². The highest BCUT2D eigenvalue weighted by molar-refractivity contribution is 6.30. The smallest absolute Gasteiger partial charge is 0.260 e. The molecule has 1 aromatic carbocycles. The van der Waals surface area contributed by atoms with Gasteiger partial charge in [0.05, 0.1) is 5.56 Å². The van der Waals surface area contributed by atoms with E-state index in [1.54, 1.807) is 18.2 Å². The second kappa shape index (κ2) is 4.84. The van der Waals surface area contributed by atoms with Crippen LogP contribution in [0.15, 0.2) is 42.6 Å². The van der Waals surface area contributed by atoms with Gasteiger partial charge < -0.3 is 10.4 Å². The largest absolute Gasteiger partial charge is 0.507 e. The maximum Gasteiger partial charge on any atom is 0.260 e. The van der Waals surface area contributed by atoms with Gasteiger partial charge in [-0.05, 0) is 24.3 Å². The first kappa shape index (κ1) is 11.4. The molecule has 0 atom stereocenters. The second-order valence-corrected chi connectivity index (χ2v) is 3.77. The van der Waals surface area contributed by atoms with Gasteiger partial charge in [-0.2, -0.15) is 0 Å². The number of aromatic hydroxyl groups is 1. The lowest BCUT2D eigenvalue weighted by Crippen LogP contribution is -2.12.